The number of nitrogens with zero attached hydrogens (tertiary/aromatic N) is 1. The normalized spacial score (nSPS) is 15.1. The second-order valence-corrected chi connectivity index (χ2v) is 7.83. The first-order valence-electron chi connectivity index (χ1n) is 10.1. The number of aromatic amines is 1. The van der Waals surface area contributed by atoms with E-state index >= 15 is 0 Å². The topological polar surface area (TPSA) is 45.3 Å². The van der Waals surface area contributed by atoms with Crippen molar-refractivity contribution < 1.29 is 9.53 Å². The zero-order valence-corrected chi connectivity index (χ0v) is 16.7. The van der Waals surface area contributed by atoms with Gasteiger partial charge in [0.2, 0.25) is 5.91 Å². The lowest BCUT2D eigenvalue weighted by atomic mass is 9.90. The Balaban J connectivity index is 1.40. The number of aryl methyl sites for hydroxylation is 1. The summed E-state index contributed by atoms with van der Waals surface area (Å²) in [6.45, 7) is 3.77. The molecule has 2 aromatic carbocycles. The lowest BCUT2D eigenvalue weighted by molar-refractivity contribution is -0.131. The Bertz CT molecular complexity index is 953. The summed E-state index contributed by atoms with van der Waals surface area (Å²) < 4.78 is 5.36. The van der Waals surface area contributed by atoms with Crippen molar-refractivity contribution in [2.45, 2.75) is 32.6 Å². The lowest BCUT2D eigenvalue weighted by Crippen LogP contribution is -2.39. The third kappa shape index (κ3) is 3.91. The van der Waals surface area contributed by atoms with Crippen LogP contribution in [0.15, 0.2) is 48.5 Å². The van der Waals surface area contributed by atoms with Gasteiger partial charge < -0.3 is 14.6 Å². The Labute approximate surface area is 166 Å². The number of aromatic nitrogens is 1. The van der Waals surface area contributed by atoms with E-state index in [1.54, 1.807) is 7.11 Å². The van der Waals surface area contributed by atoms with Crippen molar-refractivity contribution in [3.63, 3.8) is 0 Å². The summed E-state index contributed by atoms with van der Waals surface area (Å²) in [5.41, 5.74) is 4.61. The summed E-state index contributed by atoms with van der Waals surface area (Å²) in [5, 5.41) is 1.09. The molecule has 146 valence electrons. The first kappa shape index (κ1) is 18.6. The molecule has 1 aliphatic heterocycles. The van der Waals surface area contributed by atoms with Gasteiger partial charge in [-0.1, -0.05) is 30.3 Å². The number of likely N-dealkylation sites (tertiary alicyclic amines) is 1. The first-order valence-corrected chi connectivity index (χ1v) is 10.1. The van der Waals surface area contributed by atoms with Gasteiger partial charge in [-0.15, -0.1) is 0 Å². The maximum Gasteiger partial charge on any atom is 0.227 e. The number of hydrogen-bond donors (Lipinski definition) is 1. The zero-order valence-electron chi connectivity index (χ0n) is 16.7. The summed E-state index contributed by atoms with van der Waals surface area (Å²) in [6, 6.07) is 16.7. The molecule has 1 fully saturated rings. The molecular weight excluding hydrogens is 348 g/mol. The highest BCUT2D eigenvalue weighted by molar-refractivity contribution is 5.91. The number of amides is 1. The van der Waals surface area contributed by atoms with Crippen molar-refractivity contribution in [2.75, 3.05) is 20.2 Å². The molecule has 1 aromatic heterocycles. The minimum Gasteiger partial charge on any atom is -0.497 e. The van der Waals surface area contributed by atoms with E-state index in [1.807, 2.05) is 30.0 Å². The molecule has 0 atom stereocenters. The van der Waals surface area contributed by atoms with Crippen LogP contribution < -0.4 is 4.74 Å². The number of rotatable bonds is 5. The molecule has 0 bridgehead atoms. The number of piperidine rings is 1. The molecule has 1 aliphatic rings. The summed E-state index contributed by atoms with van der Waals surface area (Å²) in [7, 11) is 1.67. The zero-order chi connectivity index (χ0) is 19.5. The third-order valence-electron chi connectivity index (χ3n) is 5.99. The number of benzene rings is 2. The monoisotopic (exact) mass is 376 g/mol. The molecule has 1 saturated heterocycles. The van der Waals surface area contributed by atoms with Crippen LogP contribution >= 0.6 is 0 Å². The van der Waals surface area contributed by atoms with Crippen molar-refractivity contribution in [2.24, 2.45) is 5.92 Å². The van der Waals surface area contributed by atoms with Crippen LogP contribution in [0.3, 0.4) is 0 Å². The fourth-order valence-electron chi connectivity index (χ4n) is 4.31. The highest BCUT2D eigenvalue weighted by atomic mass is 16.5. The molecule has 4 nitrogen and oxygen atoms in total. The predicted molar refractivity (Wildman–Crippen MR) is 113 cm³/mol. The molecule has 3 aromatic rings. The molecule has 0 unspecified atom stereocenters. The molecule has 0 saturated carbocycles. The fraction of sp³-hybridized carbons (Fsp3) is 0.375. The van der Waals surface area contributed by atoms with Crippen LogP contribution in [0.2, 0.25) is 0 Å². The second-order valence-electron chi connectivity index (χ2n) is 7.83. The SMILES string of the molecule is COc1ccc2[nH]c(C)c(CC(=O)N3CCC(Cc4ccccc4)CC3)c2c1. The standard InChI is InChI=1S/C24H28N2O2/c1-17-21(22-15-20(28-2)8-9-23(22)25-17)16-24(27)26-12-10-19(11-13-26)14-18-6-4-3-5-7-18/h3-9,15,19,25H,10-14,16H2,1-2H3. The number of ether oxygens (including phenoxy) is 1. The van der Waals surface area contributed by atoms with Crippen LogP contribution in [0.25, 0.3) is 10.9 Å². The van der Waals surface area contributed by atoms with Gasteiger partial charge in [-0.3, -0.25) is 4.79 Å². The average molecular weight is 377 g/mol. The van der Waals surface area contributed by atoms with Crippen LogP contribution in [0.4, 0.5) is 0 Å². The minimum absolute atomic E-state index is 0.227. The third-order valence-corrected chi connectivity index (χ3v) is 5.99. The summed E-state index contributed by atoms with van der Waals surface area (Å²) in [4.78, 5) is 18.4. The largest absolute Gasteiger partial charge is 0.497 e. The average Bonchev–Trinajstić information content (AvgIpc) is 3.03. The van der Waals surface area contributed by atoms with Crippen LogP contribution in [0.1, 0.15) is 29.7 Å². The molecule has 4 rings (SSSR count). The number of carbonyl (C=O) groups excluding carboxylic acids is 1. The Morgan fingerprint density at radius 1 is 1.14 bits per heavy atom. The summed E-state index contributed by atoms with van der Waals surface area (Å²) in [5.74, 6) is 1.72. The maximum atomic E-state index is 13.0. The van der Waals surface area contributed by atoms with Gasteiger partial charge in [0, 0.05) is 29.7 Å². The van der Waals surface area contributed by atoms with Gasteiger partial charge in [-0.25, -0.2) is 0 Å². The van der Waals surface area contributed by atoms with Gasteiger partial charge in [-0.05, 0) is 61.4 Å². The minimum atomic E-state index is 0.227. The number of carbonyl (C=O) groups is 1. The van der Waals surface area contributed by atoms with Crippen molar-refractivity contribution in [1.29, 1.82) is 0 Å². The van der Waals surface area contributed by atoms with E-state index in [0.29, 0.717) is 12.3 Å². The van der Waals surface area contributed by atoms with Gasteiger partial charge in [0.15, 0.2) is 0 Å². The fourth-order valence-corrected chi connectivity index (χ4v) is 4.31. The van der Waals surface area contributed by atoms with E-state index in [2.05, 4.69) is 35.3 Å². The molecule has 2 heterocycles. The smallest absolute Gasteiger partial charge is 0.227 e. The van der Waals surface area contributed by atoms with E-state index in [0.717, 1.165) is 60.3 Å². The van der Waals surface area contributed by atoms with E-state index in [-0.39, 0.29) is 5.91 Å². The number of hydrogen-bond acceptors (Lipinski definition) is 2. The Hall–Kier alpha value is -2.75. The molecule has 1 N–H and O–H groups in total. The van der Waals surface area contributed by atoms with Gasteiger partial charge in [0.05, 0.1) is 13.5 Å². The molecule has 1 amide bonds. The van der Waals surface area contributed by atoms with Crippen molar-refractivity contribution in [1.82, 2.24) is 9.88 Å². The highest BCUT2D eigenvalue weighted by Crippen LogP contribution is 2.28. The number of nitrogens with one attached hydrogen (secondary N) is 1. The molecular formula is C24H28N2O2. The van der Waals surface area contributed by atoms with E-state index in [1.165, 1.54) is 5.56 Å². The Morgan fingerprint density at radius 2 is 1.89 bits per heavy atom. The molecule has 0 aliphatic carbocycles. The second kappa shape index (κ2) is 8.09. The number of methoxy groups -OCH3 is 1. The number of fused-ring (bicyclic) bond motifs is 1. The maximum absolute atomic E-state index is 13.0. The van der Waals surface area contributed by atoms with Gasteiger partial charge in [0.1, 0.15) is 5.75 Å². The van der Waals surface area contributed by atoms with E-state index in [9.17, 15) is 4.79 Å². The molecule has 4 heteroatoms. The van der Waals surface area contributed by atoms with Crippen LogP contribution in [-0.2, 0) is 17.6 Å². The highest BCUT2D eigenvalue weighted by Gasteiger charge is 2.24. The number of H-pyrrole nitrogens is 1. The molecule has 0 spiro atoms. The molecule has 28 heavy (non-hydrogen) atoms. The Kier molecular flexibility index (Phi) is 5.38. The van der Waals surface area contributed by atoms with Gasteiger partial charge in [-0.2, -0.15) is 0 Å². The predicted octanol–water partition coefficient (Wildman–Crippen LogP) is 4.51. The van der Waals surface area contributed by atoms with Gasteiger partial charge >= 0.3 is 0 Å². The van der Waals surface area contributed by atoms with Crippen molar-refractivity contribution >= 4 is 16.8 Å². The van der Waals surface area contributed by atoms with Crippen molar-refractivity contribution in [3.05, 3.63) is 65.4 Å². The summed E-state index contributed by atoms with van der Waals surface area (Å²) in [6.07, 6.45) is 3.73. The van der Waals surface area contributed by atoms with E-state index < -0.39 is 0 Å². The first-order chi connectivity index (χ1) is 13.6. The van der Waals surface area contributed by atoms with Crippen LogP contribution in [-0.4, -0.2) is 36.0 Å². The Morgan fingerprint density at radius 3 is 2.61 bits per heavy atom. The van der Waals surface area contributed by atoms with Gasteiger partial charge in [0.25, 0.3) is 0 Å². The van der Waals surface area contributed by atoms with E-state index in [4.69, 9.17) is 4.74 Å². The lowest BCUT2D eigenvalue weighted by Gasteiger charge is -2.32. The van der Waals surface area contributed by atoms with Crippen LogP contribution in [0.5, 0.6) is 5.75 Å². The molecule has 0 radical (unpaired) electrons. The van der Waals surface area contributed by atoms with Crippen molar-refractivity contribution in [3.8, 4) is 5.75 Å². The quantitative estimate of drug-likeness (QED) is 0.712. The summed E-state index contributed by atoms with van der Waals surface area (Å²) >= 11 is 0. The van der Waals surface area contributed by atoms with Crippen LogP contribution in [0, 0.1) is 12.8 Å².